The molecule has 1 saturated heterocycles. The summed E-state index contributed by atoms with van der Waals surface area (Å²) in [4.78, 5) is 34.4. The number of amides is 2. The number of rotatable bonds is 3. The summed E-state index contributed by atoms with van der Waals surface area (Å²) in [6, 6.07) is 6.24. The number of nitrogens with zero attached hydrogens (tertiary/aromatic N) is 5. The molecular weight excluding hydrogens is 413 g/mol. The van der Waals surface area contributed by atoms with Crippen molar-refractivity contribution in [3.63, 3.8) is 0 Å². The van der Waals surface area contributed by atoms with Crippen LogP contribution in [0.15, 0.2) is 36.7 Å². The van der Waals surface area contributed by atoms with E-state index in [1.54, 1.807) is 18.3 Å². The number of fused-ring (bicyclic) bond motifs is 3. The molecule has 2 aromatic heterocycles. The van der Waals surface area contributed by atoms with Crippen molar-refractivity contribution in [3.8, 4) is 0 Å². The maximum absolute atomic E-state index is 13.5. The van der Waals surface area contributed by atoms with Crippen molar-refractivity contribution in [2.75, 3.05) is 39.8 Å². The molecule has 32 heavy (non-hydrogen) atoms. The largest absolute Gasteiger partial charge is 0.341 e. The second-order valence-electron chi connectivity index (χ2n) is 8.42. The zero-order valence-corrected chi connectivity index (χ0v) is 17.8. The average Bonchev–Trinajstić information content (AvgIpc) is 3.16. The van der Waals surface area contributed by atoms with E-state index in [2.05, 4.69) is 9.88 Å². The first kappa shape index (κ1) is 20.6. The van der Waals surface area contributed by atoms with Gasteiger partial charge in [0.25, 0.3) is 11.8 Å². The summed E-state index contributed by atoms with van der Waals surface area (Å²) in [7, 11) is 2.03. The average molecular weight is 437 g/mol. The molecule has 1 fully saturated rings. The Balaban J connectivity index is 1.63. The zero-order valence-electron chi connectivity index (χ0n) is 17.8. The molecule has 5 rings (SSSR count). The number of hydrogen-bond donors (Lipinski definition) is 1. The number of hydrogen-bond acceptors (Lipinski definition) is 5. The number of piperazine rings is 1. The summed E-state index contributed by atoms with van der Waals surface area (Å²) in [5.74, 6) is -0.939. The molecule has 1 N–H and O–H groups in total. The molecule has 0 unspecified atom stereocenters. The summed E-state index contributed by atoms with van der Waals surface area (Å²) >= 11 is 0. The fourth-order valence-electron chi connectivity index (χ4n) is 4.48. The Bertz CT molecular complexity index is 1200. The molecule has 4 heterocycles. The van der Waals surface area contributed by atoms with Crippen molar-refractivity contribution in [1.82, 2.24) is 24.4 Å². The lowest BCUT2D eigenvalue weighted by Gasteiger charge is -2.32. The zero-order chi connectivity index (χ0) is 22.4. The van der Waals surface area contributed by atoms with Crippen molar-refractivity contribution in [3.05, 3.63) is 64.9 Å². The van der Waals surface area contributed by atoms with Gasteiger partial charge in [-0.05, 0) is 36.7 Å². The number of benzene rings is 1. The Morgan fingerprint density at radius 3 is 2.56 bits per heavy atom. The number of carbonyl (C=O) groups excluding carboxylic acids is 2. The Labute approximate surface area is 184 Å². The number of hydroxylamine groups is 2. The molecule has 2 aliphatic heterocycles. The lowest BCUT2D eigenvalue weighted by atomic mass is 9.98. The molecule has 0 atom stereocenters. The highest BCUT2D eigenvalue weighted by Crippen LogP contribution is 2.31. The van der Waals surface area contributed by atoms with Crippen LogP contribution in [-0.2, 0) is 13.0 Å². The molecule has 0 spiro atoms. The van der Waals surface area contributed by atoms with Crippen LogP contribution in [0.3, 0.4) is 0 Å². The molecule has 0 bridgehead atoms. The third-order valence-corrected chi connectivity index (χ3v) is 6.32. The SMILES string of the molecule is CN1CCN(C(=O)c2cn(Cc3ccc(F)cc3)c3cnc4c(c23)CCN(O)C4=O)CC1. The molecule has 0 radical (unpaired) electrons. The topological polar surface area (TPSA) is 81.9 Å². The minimum atomic E-state index is -0.558. The fourth-order valence-corrected chi connectivity index (χ4v) is 4.48. The van der Waals surface area contributed by atoms with Crippen LogP contribution >= 0.6 is 0 Å². The molecule has 3 aromatic rings. The van der Waals surface area contributed by atoms with Gasteiger partial charge in [-0.25, -0.2) is 14.4 Å². The van der Waals surface area contributed by atoms with E-state index in [0.29, 0.717) is 47.6 Å². The quantitative estimate of drug-likeness (QED) is 0.634. The van der Waals surface area contributed by atoms with Crippen molar-refractivity contribution >= 4 is 22.7 Å². The van der Waals surface area contributed by atoms with Crippen LogP contribution in [0, 0.1) is 5.82 Å². The number of halogens is 1. The van der Waals surface area contributed by atoms with Gasteiger partial charge >= 0.3 is 0 Å². The maximum atomic E-state index is 13.5. The molecule has 0 aliphatic carbocycles. The number of carbonyl (C=O) groups is 2. The maximum Gasteiger partial charge on any atom is 0.296 e. The van der Waals surface area contributed by atoms with E-state index >= 15 is 0 Å². The first-order valence-corrected chi connectivity index (χ1v) is 10.7. The Kier molecular flexibility index (Phi) is 5.15. The normalized spacial score (nSPS) is 17.2. The third kappa shape index (κ3) is 3.53. The van der Waals surface area contributed by atoms with Crippen molar-refractivity contribution < 1.29 is 19.2 Å². The second-order valence-corrected chi connectivity index (χ2v) is 8.42. The monoisotopic (exact) mass is 437 g/mol. The lowest BCUT2D eigenvalue weighted by molar-refractivity contribution is -0.0606. The van der Waals surface area contributed by atoms with Crippen LogP contribution in [0.25, 0.3) is 10.9 Å². The molecule has 2 amide bonds. The standard InChI is InChI=1S/C23H24FN5O3/c1-26-8-10-27(11-9-26)22(30)18-14-28(13-15-2-4-16(24)5-3-15)19-12-25-21-17(20(18)19)6-7-29(32)23(21)31/h2-5,12,14,32H,6-11,13H2,1H3. The highest BCUT2D eigenvalue weighted by atomic mass is 19.1. The lowest BCUT2D eigenvalue weighted by Crippen LogP contribution is -2.47. The second kappa shape index (κ2) is 7.99. The minimum Gasteiger partial charge on any atom is -0.341 e. The Morgan fingerprint density at radius 1 is 1.12 bits per heavy atom. The van der Waals surface area contributed by atoms with Crippen molar-refractivity contribution in [2.24, 2.45) is 0 Å². The number of aromatic nitrogens is 2. The van der Waals surface area contributed by atoms with Crippen LogP contribution in [-0.4, -0.2) is 81.2 Å². The Morgan fingerprint density at radius 2 is 1.84 bits per heavy atom. The van der Waals surface area contributed by atoms with E-state index in [4.69, 9.17) is 0 Å². The first-order valence-electron chi connectivity index (χ1n) is 10.7. The summed E-state index contributed by atoms with van der Waals surface area (Å²) in [5.41, 5.74) is 3.03. The van der Waals surface area contributed by atoms with Gasteiger partial charge < -0.3 is 14.4 Å². The van der Waals surface area contributed by atoms with Crippen molar-refractivity contribution in [1.29, 1.82) is 0 Å². The summed E-state index contributed by atoms with van der Waals surface area (Å²) in [6.45, 7) is 3.47. The molecule has 8 nitrogen and oxygen atoms in total. The van der Waals surface area contributed by atoms with Crippen LogP contribution in [0.5, 0.6) is 0 Å². The molecule has 0 saturated carbocycles. The minimum absolute atomic E-state index is 0.0757. The van der Waals surface area contributed by atoms with E-state index in [0.717, 1.165) is 24.2 Å². The molecular formula is C23H24FN5O3. The van der Waals surface area contributed by atoms with Crippen LogP contribution in [0.2, 0.25) is 0 Å². The van der Waals surface area contributed by atoms with Crippen LogP contribution in [0.1, 0.15) is 32.0 Å². The first-order chi connectivity index (χ1) is 15.4. The van der Waals surface area contributed by atoms with E-state index in [1.807, 2.05) is 22.7 Å². The summed E-state index contributed by atoms with van der Waals surface area (Å²) < 4.78 is 15.3. The van der Waals surface area contributed by atoms with E-state index < -0.39 is 5.91 Å². The van der Waals surface area contributed by atoms with Gasteiger partial charge in [0.2, 0.25) is 0 Å². The van der Waals surface area contributed by atoms with Gasteiger partial charge in [-0.2, -0.15) is 0 Å². The van der Waals surface area contributed by atoms with Gasteiger partial charge in [0.15, 0.2) is 0 Å². The van der Waals surface area contributed by atoms with Crippen LogP contribution in [0.4, 0.5) is 4.39 Å². The van der Waals surface area contributed by atoms with Gasteiger partial charge in [0.05, 0.1) is 23.8 Å². The van der Waals surface area contributed by atoms with E-state index in [1.165, 1.54) is 12.1 Å². The van der Waals surface area contributed by atoms with Gasteiger partial charge in [-0.1, -0.05) is 12.1 Å². The van der Waals surface area contributed by atoms with Gasteiger partial charge in [-0.3, -0.25) is 14.8 Å². The predicted octanol–water partition coefficient (Wildman–Crippen LogP) is 2.00. The summed E-state index contributed by atoms with van der Waals surface area (Å²) in [5, 5.41) is 11.2. The number of pyridine rings is 1. The third-order valence-electron chi connectivity index (χ3n) is 6.32. The molecule has 2 aliphatic rings. The van der Waals surface area contributed by atoms with Gasteiger partial charge in [-0.15, -0.1) is 0 Å². The van der Waals surface area contributed by atoms with Gasteiger partial charge in [0.1, 0.15) is 11.5 Å². The van der Waals surface area contributed by atoms with Crippen LogP contribution < -0.4 is 0 Å². The van der Waals surface area contributed by atoms with Crippen molar-refractivity contribution in [2.45, 2.75) is 13.0 Å². The fraction of sp³-hybridized carbons (Fsp3) is 0.348. The predicted molar refractivity (Wildman–Crippen MR) is 115 cm³/mol. The highest BCUT2D eigenvalue weighted by molar-refractivity contribution is 6.10. The van der Waals surface area contributed by atoms with E-state index in [9.17, 15) is 19.2 Å². The smallest absolute Gasteiger partial charge is 0.296 e. The molecule has 166 valence electrons. The van der Waals surface area contributed by atoms with Gasteiger partial charge in [0, 0.05) is 44.3 Å². The highest BCUT2D eigenvalue weighted by Gasteiger charge is 2.31. The molecule has 1 aromatic carbocycles. The molecule has 9 heteroatoms. The van der Waals surface area contributed by atoms with E-state index in [-0.39, 0.29) is 24.0 Å². The number of likely N-dealkylation sites (N-methyl/N-ethyl adjacent to an activating group) is 1. The summed E-state index contributed by atoms with van der Waals surface area (Å²) in [6.07, 6.45) is 3.80. The Hall–Kier alpha value is -3.30.